The highest BCUT2D eigenvalue weighted by Crippen LogP contribution is 2.34. The van der Waals surface area contributed by atoms with Crippen LogP contribution < -0.4 is 10.6 Å². The quantitative estimate of drug-likeness (QED) is 0.188. The van der Waals surface area contributed by atoms with E-state index < -0.39 is 0 Å². The average Bonchev–Trinajstić information content (AvgIpc) is 3.71. The number of nitrogens with zero attached hydrogens (tertiary/aromatic N) is 5. The first-order chi connectivity index (χ1) is 19.6. The van der Waals surface area contributed by atoms with Crippen molar-refractivity contribution >= 4 is 39.2 Å². The minimum absolute atomic E-state index is 0.238. The Balaban J connectivity index is 1.19. The molecule has 9 nitrogen and oxygen atoms in total. The molecule has 1 aliphatic heterocycles. The number of allylic oxidation sites excluding steroid dienone is 1. The third kappa shape index (κ3) is 4.74. The number of halogens is 1. The van der Waals surface area contributed by atoms with Gasteiger partial charge < -0.3 is 15.6 Å². The number of hydrogen-bond donors (Lipinski definition) is 4. The molecule has 4 N–H and O–H groups in total. The fourth-order valence-corrected chi connectivity index (χ4v) is 6.05. The Morgan fingerprint density at radius 1 is 1.05 bits per heavy atom. The third-order valence-corrected chi connectivity index (χ3v) is 8.17. The van der Waals surface area contributed by atoms with Crippen LogP contribution in [0.3, 0.4) is 0 Å². The van der Waals surface area contributed by atoms with Crippen molar-refractivity contribution in [2.75, 3.05) is 18.4 Å². The van der Waals surface area contributed by atoms with Gasteiger partial charge in [-0.3, -0.25) is 10.1 Å². The van der Waals surface area contributed by atoms with Gasteiger partial charge in [0.05, 0.1) is 22.8 Å². The number of thiophene rings is 1. The van der Waals surface area contributed by atoms with E-state index in [0.717, 1.165) is 74.7 Å². The second-order valence-corrected chi connectivity index (χ2v) is 11.1. The van der Waals surface area contributed by atoms with Crippen LogP contribution >= 0.6 is 11.3 Å². The van der Waals surface area contributed by atoms with E-state index in [4.69, 9.17) is 4.98 Å². The van der Waals surface area contributed by atoms with E-state index in [1.165, 1.54) is 18.9 Å². The van der Waals surface area contributed by atoms with Gasteiger partial charge in [0.1, 0.15) is 5.69 Å². The molecule has 7 heterocycles. The Morgan fingerprint density at radius 3 is 2.77 bits per heavy atom. The van der Waals surface area contributed by atoms with E-state index in [1.54, 1.807) is 18.5 Å². The lowest BCUT2D eigenvalue weighted by Crippen LogP contribution is -2.28. The van der Waals surface area contributed by atoms with Gasteiger partial charge in [0.25, 0.3) is 0 Å². The molecular weight excluding hydrogens is 525 g/mol. The molecule has 0 spiro atoms. The Bertz CT molecular complexity index is 1850. The van der Waals surface area contributed by atoms with E-state index in [1.807, 2.05) is 24.5 Å². The van der Waals surface area contributed by atoms with Crippen molar-refractivity contribution in [1.29, 1.82) is 0 Å². The van der Waals surface area contributed by atoms with Crippen molar-refractivity contribution in [1.82, 2.24) is 40.4 Å². The molecule has 0 atom stereocenters. The van der Waals surface area contributed by atoms with Crippen molar-refractivity contribution in [2.45, 2.75) is 19.3 Å². The highest BCUT2D eigenvalue weighted by atomic mass is 32.1. The van der Waals surface area contributed by atoms with Crippen molar-refractivity contribution in [3.8, 4) is 33.1 Å². The van der Waals surface area contributed by atoms with Gasteiger partial charge in [-0.15, -0.1) is 11.3 Å². The van der Waals surface area contributed by atoms with Gasteiger partial charge in [-0.1, -0.05) is 6.58 Å². The van der Waals surface area contributed by atoms with Crippen molar-refractivity contribution in [3.63, 3.8) is 0 Å². The molecule has 6 aromatic heterocycles. The minimum Gasteiger partial charge on any atom is -0.358 e. The fourth-order valence-electron chi connectivity index (χ4n) is 5.29. The average molecular weight is 552 g/mol. The van der Waals surface area contributed by atoms with Gasteiger partial charge in [-0.25, -0.2) is 15.0 Å². The van der Waals surface area contributed by atoms with Crippen molar-refractivity contribution in [2.24, 2.45) is 5.92 Å². The zero-order valence-electron chi connectivity index (χ0n) is 21.5. The molecule has 40 heavy (non-hydrogen) atoms. The normalized spacial score (nSPS) is 14.2. The van der Waals surface area contributed by atoms with E-state index in [-0.39, 0.29) is 5.13 Å². The van der Waals surface area contributed by atoms with Crippen LogP contribution in [0.15, 0.2) is 67.4 Å². The number of anilines is 1. The maximum absolute atomic E-state index is 13.7. The molecular formula is C29H26FN9S. The fraction of sp³-hybridized carbons (Fsp3) is 0.207. The lowest BCUT2D eigenvalue weighted by molar-refractivity contribution is 0.373. The number of pyridine rings is 3. The van der Waals surface area contributed by atoms with Crippen LogP contribution in [0.2, 0.25) is 0 Å². The van der Waals surface area contributed by atoms with E-state index in [0.29, 0.717) is 28.7 Å². The lowest BCUT2D eigenvalue weighted by Gasteiger charge is -2.23. The molecule has 0 saturated carbocycles. The third-order valence-electron chi connectivity index (χ3n) is 7.26. The second kappa shape index (κ2) is 10.2. The molecule has 7 rings (SSSR count). The van der Waals surface area contributed by atoms with Gasteiger partial charge in [-0.05, 0) is 68.6 Å². The summed E-state index contributed by atoms with van der Waals surface area (Å²) in [6.45, 7) is 6.39. The van der Waals surface area contributed by atoms with Gasteiger partial charge in [-0.2, -0.15) is 9.49 Å². The lowest BCUT2D eigenvalue weighted by atomic mass is 9.93. The first kappa shape index (κ1) is 24.6. The predicted octanol–water partition coefficient (Wildman–Crippen LogP) is 6.14. The van der Waals surface area contributed by atoms with Crippen LogP contribution in [0.4, 0.5) is 10.1 Å². The summed E-state index contributed by atoms with van der Waals surface area (Å²) < 4.78 is 13.7. The van der Waals surface area contributed by atoms with Crippen LogP contribution in [0.25, 0.3) is 55.3 Å². The molecule has 0 amide bonds. The number of imidazole rings is 1. The van der Waals surface area contributed by atoms with Crippen LogP contribution in [0, 0.1) is 11.0 Å². The van der Waals surface area contributed by atoms with E-state index >= 15 is 0 Å². The first-order valence-electron chi connectivity index (χ1n) is 13.2. The minimum atomic E-state index is -0.238. The number of aromatic amines is 2. The van der Waals surface area contributed by atoms with Gasteiger partial charge >= 0.3 is 0 Å². The predicted molar refractivity (Wildman–Crippen MR) is 156 cm³/mol. The zero-order chi connectivity index (χ0) is 27.1. The number of aromatic nitrogens is 7. The Morgan fingerprint density at radius 2 is 1.93 bits per heavy atom. The molecule has 1 saturated heterocycles. The molecule has 0 aromatic carbocycles. The summed E-state index contributed by atoms with van der Waals surface area (Å²) in [7, 11) is 0. The Kier molecular flexibility index (Phi) is 6.29. The second-order valence-electron chi connectivity index (χ2n) is 10.0. The van der Waals surface area contributed by atoms with Crippen LogP contribution in [-0.2, 0) is 0 Å². The molecule has 200 valence electrons. The highest BCUT2D eigenvalue weighted by molar-refractivity contribution is 7.14. The van der Waals surface area contributed by atoms with Gasteiger partial charge in [0, 0.05) is 45.9 Å². The van der Waals surface area contributed by atoms with E-state index in [2.05, 4.69) is 53.4 Å². The molecule has 1 aliphatic rings. The number of rotatable bonds is 7. The van der Waals surface area contributed by atoms with Gasteiger partial charge in [0.2, 0.25) is 0 Å². The SMILES string of the molecule is C=C(CC1CCNCC1)Nc1cncc(-c2cnc3n[nH]c(-c4nc5nccc(-c6ccc(F)s6)c5[nH]4)c3c2)c1. The topological polar surface area (TPSA) is 120 Å². The van der Waals surface area contributed by atoms with Crippen LogP contribution in [-0.4, -0.2) is 48.2 Å². The molecule has 6 aromatic rings. The number of H-pyrrole nitrogens is 2. The zero-order valence-corrected chi connectivity index (χ0v) is 22.4. The van der Waals surface area contributed by atoms with Crippen molar-refractivity contribution < 1.29 is 4.39 Å². The maximum atomic E-state index is 13.7. The van der Waals surface area contributed by atoms with Crippen LogP contribution in [0.1, 0.15) is 19.3 Å². The molecule has 0 bridgehead atoms. The molecule has 0 radical (unpaired) electrons. The first-order valence-corrected chi connectivity index (χ1v) is 14.0. The molecule has 0 unspecified atom stereocenters. The highest BCUT2D eigenvalue weighted by Gasteiger charge is 2.18. The summed E-state index contributed by atoms with van der Waals surface area (Å²) in [6.07, 6.45) is 10.4. The number of hydrogen-bond acceptors (Lipinski definition) is 8. The molecule has 0 aliphatic carbocycles. The summed E-state index contributed by atoms with van der Waals surface area (Å²) in [6, 6.07) is 9.16. The number of piperidine rings is 1. The summed E-state index contributed by atoms with van der Waals surface area (Å²) in [5, 5.41) is 14.9. The van der Waals surface area contributed by atoms with Crippen LogP contribution in [0.5, 0.6) is 0 Å². The summed E-state index contributed by atoms with van der Waals surface area (Å²) in [5.41, 5.74) is 7.11. The monoisotopic (exact) mass is 551 g/mol. The standard InChI is InChI=1S/C29H26FN9S/c1-16(10-17-4-7-31-8-5-17)35-20-11-18(13-32-15-20)19-12-22-26(38-39-27(22)34-14-19)29-36-25-21(6-9-33-28(25)37-29)23-2-3-24(30)40-23/h2-3,6,9,11-15,17,31,35H,1,4-5,7-8,10H2,(H,33,36,37)(H,34,38,39). The summed E-state index contributed by atoms with van der Waals surface area (Å²) in [4.78, 5) is 22.3. The van der Waals surface area contributed by atoms with Crippen molar-refractivity contribution in [3.05, 3.63) is 72.5 Å². The smallest absolute Gasteiger partial charge is 0.181 e. The van der Waals surface area contributed by atoms with Gasteiger partial charge in [0.15, 0.2) is 22.2 Å². The molecule has 11 heteroatoms. The largest absolute Gasteiger partial charge is 0.358 e. The maximum Gasteiger partial charge on any atom is 0.181 e. The Hall–Kier alpha value is -4.48. The summed E-state index contributed by atoms with van der Waals surface area (Å²) in [5.74, 6) is 1.23. The summed E-state index contributed by atoms with van der Waals surface area (Å²) >= 11 is 1.09. The Labute approximate surface area is 233 Å². The molecule has 1 fully saturated rings. The number of nitrogens with one attached hydrogen (secondary N) is 4. The number of fused-ring (bicyclic) bond motifs is 2. The van der Waals surface area contributed by atoms with E-state index in [9.17, 15) is 4.39 Å².